The number of para-hydroxylation sites is 1. The van der Waals surface area contributed by atoms with Gasteiger partial charge < -0.3 is 19.2 Å². The van der Waals surface area contributed by atoms with Crippen molar-refractivity contribution in [2.24, 2.45) is 5.92 Å². The molecule has 0 saturated heterocycles. The number of nitrogens with one attached hydrogen (secondary N) is 1. The maximum Gasteiger partial charge on any atom is 0.253 e. The number of carbonyl (C=O) groups is 2. The zero-order valence-electron chi connectivity index (χ0n) is 24.6. The number of rotatable bonds is 11. The third kappa shape index (κ3) is 6.11. The summed E-state index contributed by atoms with van der Waals surface area (Å²) in [5.41, 5.74) is 7.08. The Morgan fingerprint density at radius 2 is 1.72 bits per heavy atom. The van der Waals surface area contributed by atoms with E-state index in [1.54, 1.807) is 19.2 Å². The van der Waals surface area contributed by atoms with E-state index < -0.39 is 0 Å². The summed E-state index contributed by atoms with van der Waals surface area (Å²) in [7, 11) is 1.67. The molecular formula is C36H36ClN3O3. The number of aromatic nitrogens is 2. The molecule has 0 saturated carbocycles. The number of methoxy groups -OCH3 is 1. The number of ether oxygens (including phenoxy) is 1. The Hall–Kier alpha value is -4.29. The lowest BCUT2D eigenvalue weighted by atomic mass is 9.89. The number of nitrogens with zero attached hydrogens (tertiary/aromatic N) is 2. The molecule has 1 aliphatic rings. The zero-order chi connectivity index (χ0) is 29.9. The fourth-order valence-electron chi connectivity index (χ4n) is 6.38. The van der Waals surface area contributed by atoms with E-state index >= 15 is 0 Å². The Bertz CT molecular complexity index is 1780. The van der Waals surface area contributed by atoms with E-state index in [1.807, 2.05) is 54.7 Å². The molecule has 3 aromatic carbocycles. The molecule has 2 bridgehead atoms. The van der Waals surface area contributed by atoms with Gasteiger partial charge in [0.05, 0.1) is 18.2 Å². The van der Waals surface area contributed by atoms with E-state index in [9.17, 15) is 9.59 Å². The van der Waals surface area contributed by atoms with Crippen LogP contribution in [0.1, 0.15) is 56.1 Å². The molecule has 3 heterocycles. The average molecular weight is 594 g/mol. The summed E-state index contributed by atoms with van der Waals surface area (Å²) in [5, 5.41) is 4.59. The van der Waals surface area contributed by atoms with Gasteiger partial charge in [-0.05, 0) is 73.6 Å². The largest absolute Gasteiger partial charge is 0.495 e. The summed E-state index contributed by atoms with van der Waals surface area (Å²) in [6, 6.07) is 25.6. The number of halogens is 1. The minimum absolute atomic E-state index is 0.0944. The van der Waals surface area contributed by atoms with E-state index in [1.165, 1.54) is 11.4 Å². The first-order valence-electron chi connectivity index (χ1n) is 14.9. The van der Waals surface area contributed by atoms with Crippen LogP contribution in [0.2, 0.25) is 5.02 Å². The predicted molar refractivity (Wildman–Crippen MR) is 171 cm³/mol. The van der Waals surface area contributed by atoms with Crippen molar-refractivity contribution in [1.29, 1.82) is 0 Å². The van der Waals surface area contributed by atoms with Gasteiger partial charge in [0.1, 0.15) is 5.75 Å². The van der Waals surface area contributed by atoms with Crippen LogP contribution < -0.4 is 10.1 Å². The normalized spacial score (nSPS) is 12.9. The smallest absolute Gasteiger partial charge is 0.253 e. The molecule has 0 atom stereocenters. The van der Waals surface area contributed by atoms with Gasteiger partial charge in [-0.1, -0.05) is 60.1 Å². The van der Waals surface area contributed by atoms with Crippen LogP contribution >= 0.6 is 11.6 Å². The molecule has 0 unspecified atom stereocenters. The number of benzene rings is 3. The Balaban J connectivity index is 1.13. The molecule has 7 heteroatoms. The molecule has 0 fully saturated rings. The number of hydrogen-bond donors (Lipinski definition) is 1. The van der Waals surface area contributed by atoms with Gasteiger partial charge in [0.2, 0.25) is 0 Å². The minimum atomic E-state index is -0.0944. The maximum atomic E-state index is 13.4. The summed E-state index contributed by atoms with van der Waals surface area (Å²) >= 11 is 6.10. The molecule has 6 nitrogen and oxygen atoms in total. The SMILES string of the molecule is COc1cccc2c(C(=O)NCc3ccccc3C)cn(CCCn3c4ccc3CC(CC(=O)c3cccc(Cl)c3)C4)c12. The van der Waals surface area contributed by atoms with Crippen LogP contribution in [0.15, 0.2) is 85.1 Å². The number of Topliss-reactive ketones (excluding diaryl/α,β-unsaturated/α-hetero) is 1. The fraction of sp³-hybridized carbons (Fsp3) is 0.278. The Labute approximate surface area is 257 Å². The summed E-state index contributed by atoms with van der Waals surface area (Å²) < 4.78 is 10.3. The molecule has 6 rings (SSSR count). The van der Waals surface area contributed by atoms with E-state index in [-0.39, 0.29) is 11.7 Å². The lowest BCUT2D eigenvalue weighted by Gasteiger charge is -2.25. The number of hydrogen-bond acceptors (Lipinski definition) is 3. The average Bonchev–Trinajstić information content (AvgIpc) is 3.49. The van der Waals surface area contributed by atoms with Gasteiger partial charge in [0, 0.05) is 59.6 Å². The quantitative estimate of drug-likeness (QED) is 0.162. The topological polar surface area (TPSA) is 65.3 Å². The van der Waals surface area contributed by atoms with E-state index in [2.05, 4.69) is 39.6 Å². The highest BCUT2D eigenvalue weighted by Gasteiger charge is 2.25. The second-order valence-electron chi connectivity index (χ2n) is 11.4. The molecule has 0 radical (unpaired) electrons. The third-order valence-electron chi connectivity index (χ3n) is 8.59. The Morgan fingerprint density at radius 3 is 2.47 bits per heavy atom. The van der Waals surface area contributed by atoms with E-state index in [0.29, 0.717) is 35.0 Å². The summed E-state index contributed by atoms with van der Waals surface area (Å²) in [5.74, 6) is 1.10. The number of aryl methyl sites for hydroxylation is 2. The first kappa shape index (κ1) is 28.8. The second-order valence-corrected chi connectivity index (χ2v) is 11.9. The van der Waals surface area contributed by atoms with Crippen LogP contribution in [0, 0.1) is 12.8 Å². The Morgan fingerprint density at radius 1 is 0.953 bits per heavy atom. The standard InChI is InChI=1S/C36H36ClN3O3/c1-24-8-3-4-9-27(24)22-38-36(42)32-23-39(35-31(32)12-6-13-34(35)43-2)16-7-17-40-29-14-15-30(40)19-25(18-29)20-33(41)26-10-5-11-28(37)21-26/h3-6,8-15,21,23,25H,7,16-20,22H2,1-2H3,(H,38,42). The highest BCUT2D eigenvalue weighted by molar-refractivity contribution is 6.31. The van der Waals surface area contributed by atoms with Crippen LogP contribution in [0.4, 0.5) is 0 Å². The molecule has 5 aromatic rings. The monoisotopic (exact) mass is 593 g/mol. The van der Waals surface area contributed by atoms with Gasteiger partial charge >= 0.3 is 0 Å². The predicted octanol–water partition coefficient (Wildman–Crippen LogP) is 7.42. The molecule has 1 amide bonds. The van der Waals surface area contributed by atoms with Crippen molar-refractivity contribution in [2.45, 2.75) is 52.2 Å². The van der Waals surface area contributed by atoms with Crippen molar-refractivity contribution in [3.8, 4) is 5.75 Å². The van der Waals surface area contributed by atoms with E-state index in [4.69, 9.17) is 16.3 Å². The number of ketones is 1. The minimum Gasteiger partial charge on any atom is -0.495 e. The first-order valence-corrected chi connectivity index (χ1v) is 15.2. The molecule has 0 spiro atoms. The van der Waals surface area contributed by atoms with Crippen LogP contribution in [0.25, 0.3) is 10.9 Å². The van der Waals surface area contributed by atoms with Gasteiger partial charge in [-0.3, -0.25) is 9.59 Å². The van der Waals surface area contributed by atoms with Crippen molar-refractivity contribution < 1.29 is 14.3 Å². The summed E-state index contributed by atoms with van der Waals surface area (Å²) in [4.78, 5) is 26.3. The lowest BCUT2D eigenvalue weighted by molar-refractivity contribution is 0.0946. The molecule has 220 valence electrons. The van der Waals surface area contributed by atoms with Crippen molar-refractivity contribution in [3.05, 3.63) is 124 Å². The maximum absolute atomic E-state index is 13.4. The van der Waals surface area contributed by atoms with Crippen LogP contribution in [0.3, 0.4) is 0 Å². The summed E-state index contributed by atoms with van der Waals surface area (Å²) in [6.45, 7) is 4.15. The molecule has 0 aliphatic carbocycles. The molecule has 1 aliphatic heterocycles. The van der Waals surface area contributed by atoms with Gasteiger partial charge in [-0.25, -0.2) is 0 Å². The van der Waals surface area contributed by atoms with Gasteiger partial charge in [0.25, 0.3) is 5.91 Å². The van der Waals surface area contributed by atoms with Gasteiger partial charge in [-0.15, -0.1) is 0 Å². The van der Waals surface area contributed by atoms with Crippen molar-refractivity contribution in [1.82, 2.24) is 14.5 Å². The van der Waals surface area contributed by atoms with Crippen molar-refractivity contribution in [3.63, 3.8) is 0 Å². The van der Waals surface area contributed by atoms with Crippen LogP contribution in [-0.2, 0) is 32.5 Å². The first-order chi connectivity index (χ1) is 20.9. The second kappa shape index (κ2) is 12.5. The number of carbonyl (C=O) groups excluding carboxylic acids is 2. The van der Waals surface area contributed by atoms with Crippen LogP contribution in [0.5, 0.6) is 5.75 Å². The molecule has 43 heavy (non-hydrogen) atoms. The lowest BCUT2D eigenvalue weighted by Crippen LogP contribution is -2.23. The Kier molecular flexibility index (Phi) is 8.39. The fourth-order valence-corrected chi connectivity index (χ4v) is 6.57. The zero-order valence-corrected chi connectivity index (χ0v) is 25.4. The third-order valence-corrected chi connectivity index (χ3v) is 8.82. The van der Waals surface area contributed by atoms with E-state index in [0.717, 1.165) is 60.1 Å². The van der Waals surface area contributed by atoms with Gasteiger partial charge in [0.15, 0.2) is 5.78 Å². The molecule has 1 N–H and O–H groups in total. The van der Waals surface area contributed by atoms with Crippen LogP contribution in [-0.4, -0.2) is 27.9 Å². The molecular weight excluding hydrogens is 558 g/mol. The highest BCUT2D eigenvalue weighted by Crippen LogP contribution is 2.32. The van der Waals surface area contributed by atoms with Crippen molar-refractivity contribution in [2.75, 3.05) is 7.11 Å². The van der Waals surface area contributed by atoms with Crippen molar-refractivity contribution >= 4 is 34.2 Å². The highest BCUT2D eigenvalue weighted by atomic mass is 35.5. The summed E-state index contributed by atoms with van der Waals surface area (Å²) in [6.07, 6.45) is 5.15. The van der Waals surface area contributed by atoms with Gasteiger partial charge in [-0.2, -0.15) is 0 Å². The number of fused-ring (bicyclic) bond motifs is 3. The number of amides is 1. The molecule has 2 aromatic heterocycles.